The highest BCUT2D eigenvalue weighted by Crippen LogP contribution is 2.18. The van der Waals surface area contributed by atoms with Gasteiger partial charge in [0.2, 0.25) is 0 Å². The maximum Gasteiger partial charge on any atom is 0.508 e. The molecule has 0 heterocycles. The van der Waals surface area contributed by atoms with Crippen LogP contribution in [0.25, 0.3) is 0 Å². The predicted molar refractivity (Wildman–Crippen MR) is 92.9 cm³/mol. The topological polar surface area (TPSA) is 35.5 Å². The van der Waals surface area contributed by atoms with Crippen molar-refractivity contribution in [3.8, 4) is 0 Å². The minimum absolute atomic E-state index is 0.0975. The summed E-state index contributed by atoms with van der Waals surface area (Å²) in [4.78, 5) is 11.9. The standard InChI is InChI=1S/C19H34O3/c1-7-9-10-11-12-13-14-17(8-2)21-19(20)22-18(15(3)4)16(5)6/h9-10,12-13,15-18H,7-8,11,14H2,1-6H3/b10-9-,13-12-. The number of hydrogen-bond acceptors (Lipinski definition) is 3. The highest BCUT2D eigenvalue weighted by Gasteiger charge is 2.24. The fourth-order valence-electron chi connectivity index (χ4n) is 2.30. The van der Waals surface area contributed by atoms with Gasteiger partial charge in [0.25, 0.3) is 0 Å². The molecule has 1 unspecified atom stereocenters. The summed E-state index contributed by atoms with van der Waals surface area (Å²) in [5.41, 5.74) is 0. The Kier molecular flexibility index (Phi) is 11.6. The van der Waals surface area contributed by atoms with Gasteiger partial charge in [-0.15, -0.1) is 0 Å². The Hall–Kier alpha value is -1.25. The molecule has 0 spiro atoms. The summed E-state index contributed by atoms with van der Waals surface area (Å²) in [6, 6.07) is 0. The van der Waals surface area contributed by atoms with Crippen molar-refractivity contribution in [3.05, 3.63) is 24.3 Å². The first-order chi connectivity index (χ1) is 10.4. The summed E-state index contributed by atoms with van der Waals surface area (Å²) in [7, 11) is 0. The molecule has 0 fully saturated rings. The zero-order valence-electron chi connectivity index (χ0n) is 15.2. The third-order valence-corrected chi connectivity index (χ3v) is 3.50. The minimum atomic E-state index is -0.543. The molecule has 0 aliphatic heterocycles. The summed E-state index contributed by atoms with van der Waals surface area (Å²) < 4.78 is 10.9. The van der Waals surface area contributed by atoms with Crippen LogP contribution >= 0.6 is 0 Å². The largest absolute Gasteiger partial charge is 0.508 e. The van der Waals surface area contributed by atoms with Crippen LogP contribution in [0.4, 0.5) is 4.79 Å². The van der Waals surface area contributed by atoms with Crippen LogP contribution in [0.5, 0.6) is 0 Å². The van der Waals surface area contributed by atoms with Crippen molar-refractivity contribution in [3.63, 3.8) is 0 Å². The second-order valence-corrected chi connectivity index (χ2v) is 6.29. The third-order valence-electron chi connectivity index (χ3n) is 3.50. The van der Waals surface area contributed by atoms with E-state index in [1.54, 1.807) is 0 Å². The number of ether oxygens (including phenoxy) is 2. The Bertz CT molecular complexity index is 335. The molecule has 3 nitrogen and oxygen atoms in total. The first-order valence-electron chi connectivity index (χ1n) is 8.59. The maximum atomic E-state index is 11.9. The Morgan fingerprint density at radius 3 is 2.00 bits per heavy atom. The van der Waals surface area contributed by atoms with E-state index in [1.165, 1.54) is 0 Å². The number of carbonyl (C=O) groups excluding carboxylic acids is 1. The zero-order valence-corrected chi connectivity index (χ0v) is 15.2. The fourth-order valence-corrected chi connectivity index (χ4v) is 2.30. The van der Waals surface area contributed by atoms with Crippen LogP contribution in [-0.4, -0.2) is 18.4 Å². The second kappa shape index (κ2) is 12.3. The average molecular weight is 310 g/mol. The first kappa shape index (κ1) is 20.8. The summed E-state index contributed by atoms with van der Waals surface area (Å²) in [6.07, 6.45) is 11.2. The van der Waals surface area contributed by atoms with Gasteiger partial charge >= 0.3 is 6.16 Å². The van der Waals surface area contributed by atoms with Crippen molar-refractivity contribution in [2.75, 3.05) is 0 Å². The monoisotopic (exact) mass is 310 g/mol. The van der Waals surface area contributed by atoms with E-state index in [4.69, 9.17) is 9.47 Å². The highest BCUT2D eigenvalue weighted by atomic mass is 16.7. The van der Waals surface area contributed by atoms with Crippen molar-refractivity contribution in [1.29, 1.82) is 0 Å². The quantitative estimate of drug-likeness (QED) is 0.372. The summed E-state index contributed by atoms with van der Waals surface area (Å²) in [5, 5.41) is 0. The highest BCUT2D eigenvalue weighted by molar-refractivity contribution is 5.60. The first-order valence-corrected chi connectivity index (χ1v) is 8.59. The molecule has 0 aromatic rings. The molecule has 0 aromatic heterocycles. The van der Waals surface area contributed by atoms with Gasteiger partial charge in [0.15, 0.2) is 0 Å². The van der Waals surface area contributed by atoms with Gasteiger partial charge in [-0.2, -0.15) is 0 Å². The lowest BCUT2D eigenvalue weighted by molar-refractivity contribution is -0.0286. The lowest BCUT2D eigenvalue weighted by Gasteiger charge is -2.25. The zero-order chi connectivity index (χ0) is 17.0. The molecule has 0 aromatic carbocycles. The molecule has 3 heteroatoms. The number of hydrogen-bond donors (Lipinski definition) is 0. The smallest absolute Gasteiger partial charge is 0.431 e. The van der Waals surface area contributed by atoms with Gasteiger partial charge in [0.1, 0.15) is 12.2 Å². The van der Waals surface area contributed by atoms with E-state index < -0.39 is 6.16 Å². The van der Waals surface area contributed by atoms with Gasteiger partial charge in [0, 0.05) is 6.42 Å². The van der Waals surface area contributed by atoms with Crippen LogP contribution in [0.3, 0.4) is 0 Å². The van der Waals surface area contributed by atoms with Crippen LogP contribution in [0, 0.1) is 11.8 Å². The van der Waals surface area contributed by atoms with E-state index in [0.717, 1.165) is 25.7 Å². The molecular formula is C19H34O3. The molecule has 22 heavy (non-hydrogen) atoms. The van der Waals surface area contributed by atoms with E-state index in [1.807, 2.05) is 6.92 Å². The van der Waals surface area contributed by atoms with Crippen LogP contribution in [0.1, 0.15) is 67.2 Å². The molecule has 0 aliphatic rings. The molecule has 0 saturated carbocycles. The number of carbonyl (C=O) groups is 1. The van der Waals surface area contributed by atoms with E-state index in [9.17, 15) is 4.79 Å². The van der Waals surface area contributed by atoms with Gasteiger partial charge in [-0.25, -0.2) is 4.79 Å². The number of allylic oxidation sites excluding steroid dienone is 3. The Morgan fingerprint density at radius 2 is 1.50 bits per heavy atom. The third kappa shape index (κ3) is 9.64. The summed E-state index contributed by atoms with van der Waals surface area (Å²) >= 11 is 0. The normalized spacial score (nSPS) is 13.7. The minimum Gasteiger partial charge on any atom is -0.431 e. The van der Waals surface area contributed by atoms with Crippen LogP contribution in [0.2, 0.25) is 0 Å². The second-order valence-electron chi connectivity index (χ2n) is 6.29. The predicted octanol–water partition coefficient (Wildman–Crippen LogP) is 5.90. The van der Waals surface area contributed by atoms with Crippen molar-refractivity contribution < 1.29 is 14.3 Å². The molecule has 0 radical (unpaired) electrons. The Labute approximate surface area is 136 Å². The van der Waals surface area contributed by atoms with Gasteiger partial charge in [0.05, 0.1) is 0 Å². The van der Waals surface area contributed by atoms with Crippen LogP contribution < -0.4 is 0 Å². The van der Waals surface area contributed by atoms with E-state index in [0.29, 0.717) is 0 Å². The average Bonchev–Trinajstić information content (AvgIpc) is 2.46. The lowest BCUT2D eigenvalue weighted by atomic mass is 9.96. The molecule has 0 rings (SSSR count). The fraction of sp³-hybridized carbons (Fsp3) is 0.737. The number of rotatable bonds is 10. The SMILES string of the molecule is CC/C=C\C/C=C\CC(CC)OC(=O)OC(C(C)C)C(C)C. The molecule has 0 saturated heterocycles. The molecule has 1 atom stereocenters. The molecule has 0 aliphatic carbocycles. The molecule has 128 valence electrons. The van der Waals surface area contributed by atoms with Gasteiger partial charge < -0.3 is 9.47 Å². The van der Waals surface area contributed by atoms with Crippen molar-refractivity contribution in [2.45, 2.75) is 79.4 Å². The Morgan fingerprint density at radius 1 is 0.909 bits per heavy atom. The van der Waals surface area contributed by atoms with Crippen molar-refractivity contribution in [1.82, 2.24) is 0 Å². The van der Waals surface area contributed by atoms with Gasteiger partial charge in [-0.05, 0) is 31.1 Å². The van der Waals surface area contributed by atoms with Crippen molar-refractivity contribution >= 4 is 6.16 Å². The van der Waals surface area contributed by atoms with E-state index in [-0.39, 0.29) is 24.0 Å². The molecule has 0 N–H and O–H groups in total. The molecule has 0 amide bonds. The van der Waals surface area contributed by atoms with Crippen LogP contribution in [-0.2, 0) is 9.47 Å². The molecule has 0 bridgehead atoms. The molecular weight excluding hydrogens is 276 g/mol. The summed E-state index contributed by atoms with van der Waals surface area (Å²) in [6.45, 7) is 12.4. The summed E-state index contributed by atoms with van der Waals surface area (Å²) in [5.74, 6) is 0.579. The lowest BCUT2D eigenvalue weighted by Crippen LogP contribution is -2.30. The van der Waals surface area contributed by atoms with E-state index in [2.05, 4.69) is 58.9 Å². The van der Waals surface area contributed by atoms with Crippen molar-refractivity contribution in [2.24, 2.45) is 11.8 Å². The van der Waals surface area contributed by atoms with E-state index >= 15 is 0 Å². The van der Waals surface area contributed by atoms with Crippen LogP contribution in [0.15, 0.2) is 24.3 Å². The van der Waals surface area contributed by atoms with Gasteiger partial charge in [-0.3, -0.25) is 0 Å². The maximum absolute atomic E-state index is 11.9. The van der Waals surface area contributed by atoms with Gasteiger partial charge in [-0.1, -0.05) is 65.8 Å². The Balaban J connectivity index is 4.25.